The van der Waals surface area contributed by atoms with Crippen molar-refractivity contribution in [3.63, 3.8) is 0 Å². The lowest BCUT2D eigenvalue weighted by Gasteiger charge is -2.19. The summed E-state index contributed by atoms with van der Waals surface area (Å²) in [4.78, 5) is 22.3. The van der Waals surface area contributed by atoms with Crippen molar-refractivity contribution < 1.29 is 37.9 Å². The largest absolute Gasteiger partial charge is 0.492 e. The summed E-state index contributed by atoms with van der Waals surface area (Å²) in [6.45, 7) is 3.96. The average Bonchev–Trinajstić information content (AvgIpc) is 3.14. The molecular weight excluding hydrogens is 689 g/mol. The van der Waals surface area contributed by atoms with E-state index in [0.717, 1.165) is 38.5 Å². The molecule has 0 aromatic rings. The predicted molar refractivity (Wildman–Crippen MR) is 220 cm³/mol. The SMILES string of the molecule is CCCCC/C=C\C/C=C\C/C=C\C=C\[C@@H](O)CCCC(=O)OC[C@H](COP(=O)(O)OCCN)O/C=C/CCCCCCCCCCCCCCCC. The monoisotopic (exact) mass is 768 g/mol. The van der Waals surface area contributed by atoms with Crippen molar-refractivity contribution in [3.05, 3.63) is 60.9 Å². The predicted octanol–water partition coefficient (Wildman–Crippen LogP) is 11.5. The first-order valence-corrected chi connectivity index (χ1v) is 22.4. The summed E-state index contributed by atoms with van der Waals surface area (Å²) < 4.78 is 33.0. The van der Waals surface area contributed by atoms with Crippen LogP contribution >= 0.6 is 7.82 Å². The molecule has 0 fully saturated rings. The van der Waals surface area contributed by atoms with Crippen LogP contribution in [0.25, 0.3) is 0 Å². The highest BCUT2D eigenvalue weighted by Gasteiger charge is 2.24. The van der Waals surface area contributed by atoms with Gasteiger partial charge in [-0.15, -0.1) is 0 Å². The quantitative estimate of drug-likeness (QED) is 0.0139. The van der Waals surface area contributed by atoms with E-state index in [1.807, 2.05) is 24.3 Å². The van der Waals surface area contributed by atoms with E-state index >= 15 is 0 Å². The Morgan fingerprint density at radius 3 is 1.87 bits per heavy atom. The number of hydrogen-bond acceptors (Lipinski definition) is 8. The van der Waals surface area contributed by atoms with Crippen LogP contribution < -0.4 is 5.73 Å². The molecule has 0 saturated carbocycles. The van der Waals surface area contributed by atoms with Crippen molar-refractivity contribution in [2.75, 3.05) is 26.4 Å². The normalized spacial score (nSPS) is 14.7. The third kappa shape index (κ3) is 39.5. The Balaban J connectivity index is 4.30. The van der Waals surface area contributed by atoms with Gasteiger partial charge in [-0.3, -0.25) is 13.8 Å². The summed E-state index contributed by atoms with van der Waals surface area (Å²) in [6, 6.07) is 0. The van der Waals surface area contributed by atoms with Gasteiger partial charge in [-0.05, 0) is 57.4 Å². The summed E-state index contributed by atoms with van der Waals surface area (Å²) in [5.41, 5.74) is 5.35. The second kappa shape index (κ2) is 39.7. The molecule has 4 N–H and O–H groups in total. The molecule has 53 heavy (non-hydrogen) atoms. The van der Waals surface area contributed by atoms with Crippen molar-refractivity contribution in [1.29, 1.82) is 0 Å². The zero-order chi connectivity index (χ0) is 38.9. The number of carbonyl (C=O) groups excluding carboxylic acids is 1. The molecule has 0 spiro atoms. The summed E-state index contributed by atoms with van der Waals surface area (Å²) in [5, 5.41) is 10.2. The van der Waals surface area contributed by atoms with E-state index in [1.165, 1.54) is 103 Å². The number of nitrogens with two attached hydrogens (primary N) is 1. The number of esters is 1. The number of ether oxygens (including phenoxy) is 2. The van der Waals surface area contributed by atoms with Crippen LogP contribution in [-0.2, 0) is 27.9 Å². The summed E-state index contributed by atoms with van der Waals surface area (Å²) >= 11 is 0. The topological polar surface area (TPSA) is 138 Å². The van der Waals surface area contributed by atoms with Gasteiger partial charge in [0.25, 0.3) is 0 Å². The molecule has 3 atom stereocenters. The molecular formula is C43H78NO8P. The highest BCUT2D eigenvalue weighted by molar-refractivity contribution is 7.47. The molecule has 0 radical (unpaired) electrons. The maximum Gasteiger partial charge on any atom is 0.472 e. The molecule has 0 aliphatic rings. The third-order valence-corrected chi connectivity index (χ3v) is 9.62. The van der Waals surface area contributed by atoms with Crippen molar-refractivity contribution in [3.8, 4) is 0 Å². The van der Waals surface area contributed by atoms with Gasteiger partial charge in [0.2, 0.25) is 0 Å². The molecule has 0 rings (SSSR count). The number of aliphatic hydroxyl groups excluding tert-OH is 1. The van der Waals surface area contributed by atoms with Gasteiger partial charge in [0.05, 0.1) is 25.6 Å². The number of carbonyl (C=O) groups is 1. The van der Waals surface area contributed by atoms with E-state index in [1.54, 1.807) is 6.08 Å². The molecule has 0 aliphatic heterocycles. The lowest BCUT2D eigenvalue weighted by Crippen LogP contribution is -2.25. The fourth-order valence-corrected chi connectivity index (χ4v) is 6.20. The summed E-state index contributed by atoms with van der Waals surface area (Å²) in [5.74, 6) is -0.449. The van der Waals surface area contributed by atoms with Gasteiger partial charge < -0.3 is 25.2 Å². The maximum absolute atomic E-state index is 12.4. The standard InChI is InChI=1S/C43H78NO8P/c1-3-5-7-9-11-13-15-17-18-19-21-23-25-27-29-31-37-49-42(40-52-53(47,48)51-38-36-44)39-50-43(46)35-32-34-41(45)33-30-28-26-24-22-20-16-14-12-10-8-6-4-2/h12,14,20,22,26,28,30-31,33,37,41-42,45H,3-11,13,15-19,21,23-25,27,29,32,34-36,38-40,44H2,1-2H3,(H,47,48)/b14-12-,22-20-,28-26-,33-30+,37-31+/t41-,42-/m1/s1. The molecule has 10 heteroatoms. The van der Waals surface area contributed by atoms with Crippen LogP contribution in [0.15, 0.2) is 60.9 Å². The Bertz CT molecular complexity index is 1010. The van der Waals surface area contributed by atoms with Gasteiger partial charge in [-0.25, -0.2) is 4.57 Å². The molecule has 0 aromatic carbocycles. The molecule has 0 heterocycles. The van der Waals surface area contributed by atoms with Crippen LogP contribution in [0.1, 0.15) is 168 Å². The maximum atomic E-state index is 12.4. The van der Waals surface area contributed by atoms with E-state index in [-0.39, 0.29) is 32.8 Å². The first-order chi connectivity index (χ1) is 25.8. The lowest BCUT2D eigenvalue weighted by atomic mass is 10.0. The van der Waals surface area contributed by atoms with Crippen LogP contribution in [0.3, 0.4) is 0 Å². The highest BCUT2D eigenvalue weighted by atomic mass is 31.2. The van der Waals surface area contributed by atoms with Gasteiger partial charge in [0.1, 0.15) is 6.61 Å². The smallest absolute Gasteiger partial charge is 0.472 e. The molecule has 0 aliphatic carbocycles. The van der Waals surface area contributed by atoms with E-state index < -0.39 is 26.0 Å². The molecule has 9 nitrogen and oxygen atoms in total. The second-order valence-electron chi connectivity index (χ2n) is 13.8. The highest BCUT2D eigenvalue weighted by Crippen LogP contribution is 2.43. The number of allylic oxidation sites excluding steroid dienone is 8. The van der Waals surface area contributed by atoms with Crippen LogP contribution in [0, 0.1) is 0 Å². The van der Waals surface area contributed by atoms with Crippen LogP contribution in [-0.4, -0.2) is 54.5 Å². The van der Waals surface area contributed by atoms with Crippen molar-refractivity contribution in [1.82, 2.24) is 0 Å². The van der Waals surface area contributed by atoms with Gasteiger partial charge in [0.15, 0.2) is 6.10 Å². The van der Waals surface area contributed by atoms with E-state index in [2.05, 4.69) is 38.2 Å². The zero-order valence-electron chi connectivity index (χ0n) is 33.6. The fraction of sp³-hybridized carbons (Fsp3) is 0.744. The van der Waals surface area contributed by atoms with Gasteiger partial charge in [-0.2, -0.15) is 0 Å². The Kier molecular flexibility index (Phi) is 38.2. The summed E-state index contributed by atoms with van der Waals surface area (Å²) in [7, 11) is -4.31. The van der Waals surface area contributed by atoms with E-state index in [0.29, 0.717) is 12.8 Å². The molecule has 0 aromatic heterocycles. The van der Waals surface area contributed by atoms with Crippen LogP contribution in [0.2, 0.25) is 0 Å². The van der Waals surface area contributed by atoms with Gasteiger partial charge in [-0.1, -0.05) is 159 Å². The average molecular weight is 768 g/mol. The number of rotatable bonds is 39. The molecule has 1 unspecified atom stereocenters. The number of phosphoric acid groups is 1. The number of phosphoric ester groups is 1. The first kappa shape index (κ1) is 51.0. The van der Waals surface area contributed by atoms with Crippen molar-refractivity contribution >= 4 is 13.8 Å². The summed E-state index contributed by atoms with van der Waals surface area (Å²) in [6.07, 6.45) is 45.1. The van der Waals surface area contributed by atoms with Crippen molar-refractivity contribution in [2.24, 2.45) is 5.73 Å². The minimum atomic E-state index is -4.31. The third-order valence-electron chi connectivity index (χ3n) is 8.63. The number of hydrogen-bond donors (Lipinski definition) is 3. The first-order valence-electron chi connectivity index (χ1n) is 20.9. The lowest BCUT2D eigenvalue weighted by molar-refractivity contribution is -0.147. The number of aliphatic hydroxyl groups is 1. The van der Waals surface area contributed by atoms with Crippen LogP contribution in [0.4, 0.5) is 0 Å². The fourth-order valence-electron chi connectivity index (χ4n) is 5.44. The number of unbranched alkanes of at least 4 members (excludes halogenated alkanes) is 17. The minimum absolute atomic E-state index is 0.0732. The Morgan fingerprint density at radius 1 is 0.679 bits per heavy atom. The molecule has 0 amide bonds. The second-order valence-corrected chi connectivity index (χ2v) is 15.2. The Hall–Kier alpha value is -2.00. The molecule has 0 bridgehead atoms. The Morgan fingerprint density at radius 2 is 1.23 bits per heavy atom. The van der Waals surface area contributed by atoms with Gasteiger partial charge in [0, 0.05) is 13.0 Å². The van der Waals surface area contributed by atoms with Crippen LogP contribution in [0.5, 0.6) is 0 Å². The zero-order valence-corrected chi connectivity index (χ0v) is 34.5. The Labute approximate surface area is 324 Å². The van der Waals surface area contributed by atoms with Gasteiger partial charge >= 0.3 is 13.8 Å². The van der Waals surface area contributed by atoms with E-state index in [9.17, 15) is 19.4 Å². The van der Waals surface area contributed by atoms with E-state index in [4.69, 9.17) is 24.3 Å². The molecule has 308 valence electrons. The minimum Gasteiger partial charge on any atom is -0.492 e. The van der Waals surface area contributed by atoms with Crippen molar-refractivity contribution in [2.45, 2.75) is 180 Å². The molecule has 0 saturated heterocycles.